The summed E-state index contributed by atoms with van der Waals surface area (Å²) >= 11 is 6.13. The molecule has 0 spiro atoms. The smallest absolute Gasteiger partial charge is 0.355 e. The van der Waals surface area contributed by atoms with Gasteiger partial charge in [0.05, 0.1) is 47.5 Å². The molecule has 0 saturated carbocycles. The molecule has 1 atom stereocenters. The first-order chi connectivity index (χ1) is 16.6. The fraction of sp³-hybridized carbons (Fsp3) is 0.130. The Balaban J connectivity index is 2.56. The number of carbonyl (C=O) groups is 3. The number of methoxy groups -OCH3 is 2. The van der Waals surface area contributed by atoms with Crippen molar-refractivity contribution in [3.05, 3.63) is 85.0 Å². The zero-order valence-electron chi connectivity index (χ0n) is 18.1. The number of esters is 2. The SMILES string of the molecule is COC(=O)C1=C(C(=O)OC)N(c2c(Br)cc(Br)c(F)c2C(=O)O)C(N)=C(C#N)C1c1ccccc1. The van der Waals surface area contributed by atoms with Gasteiger partial charge < -0.3 is 20.3 Å². The summed E-state index contributed by atoms with van der Waals surface area (Å²) in [5.41, 5.74) is 4.38. The van der Waals surface area contributed by atoms with E-state index in [1.54, 1.807) is 30.3 Å². The Morgan fingerprint density at radius 2 is 1.71 bits per heavy atom. The molecule has 0 amide bonds. The van der Waals surface area contributed by atoms with Gasteiger partial charge in [-0.2, -0.15) is 5.26 Å². The van der Waals surface area contributed by atoms with Crippen molar-refractivity contribution >= 4 is 55.5 Å². The number of aromatic carboxylic acids is 1. The first-order valence-corrected chi connectivity index (χ1v) is 11.3. The lowest BCUT2D eigenvalue weighted by atomic mass is 9.80. The molecule has 0 bridgehead atoms. The number of nitrogens with zero attached hydrogens (tertiary/aromatic N) is 2. The zero-order chi connectivity index (χ0) is 26.0. The molecule has 0 radical (unpaired) electrons. The van der Waals surface area contributed by atoms with Gasteiger partial charge in [0.1, 0.15) is 17.1 Å². The Bertz CT molecular complexity index is 1350. The maximum Gasteiger partial charge on any atom is 0.355 e. The molecule has 0 saturated heterocycles. The minimum atomic E-state index is -1.69. The van der Waals surface area contributed by atoms with Crippen molar-refractivity contribution in [1.29, 1.82) is 5.26 Å². The quantitative estimate of drug-likeness (QED) is 0.381. The average molecular weight is 609 g/mol. The van der Waals surface area contributed by atoms with E-state index in [-0.39, 0.29) is 20.1 Å². The topological polar surface area (TPSA) is 143 Å². The van der Waals surface area contributed by atoms with Crippen LogP contribution in [0, 0.1) is 17.1 Å². The van der Waals surface area contributed by atoms with Crippen LogP contribution in [-0.4, -0.2) is 37.2 Å². The maximum absolute atomic E-state index is 15.0. The molecule has 3 N–H and O–H groups in total. The molecule has 2 aromatic rings. The van der Waals surface area contributed by atoms with Crippen LogP contribution < -0.4 is 10.6 Å². The molecule has 9 nitrogen and oxygen atoms in total. The molecule has 1 unspecified atom stereocenters. The van der Waals surface area contributed by atoms with Crippen LogP contribution in [0.4, 0.5) is 10.1 Å². The number of hydrogen-bond donors (Lipinski definition) is 2. The summed E-state index contributed by atoms with van der Waals surface area (Å²) in [6.45, 7) is 0. The van der Waals surface area contributed by atoms with Crippen LogP contribution in [0.2, 0.25) is 0 Å². The van der Waals surface area contributed by atoms with E-state index < -0.39 is 52.4 Å². The summed E-state index contributed by atoms with van der Waals surface area (Å²) in [7, 11) is 2.11. The number of ether oxygens (including phenoxy) is 2. The molecule has 0 aliphatic carbocycles. The highest BCUT2D eigenvalue weighted by atomic mass is 79.9. The van der Waals surface area contributed by atoms with Crippen molar-refractivity contribution in [2.75, 3.05) is 19.1 Å². The largest absolute Gasteiger partial charge is 0.478 e. The first kappa shape index (κ1) is 25.9. The van der Waals surface area contributed by atoms with Gasteiger partial charge in [-0.05, 0) is 43.5 Å². The predicted octanol–water partition coefficient (Wildman–Crippen LogP) is 3.95. The Morgan fingerprint density at radius 3 is 2.23 bits per heavy atom. The van der Waals surface area contributed by atoms with Crippen LogP contribution >= 0.6 is 31.9 Å². The molecule has 1 heterocycles. The Kier molecular flexibility index (Phi) is 7.62. The number of carboxylic acids is 1. The molecule has 0 aromatic heterocycles. The number of carbonyl (C=O) groups excluding carboxylic acids is 2. The van der Waals surface area contributed by atoms with E-state index in [1.165, 1.54) is 6.07 Å². The molecular formula is C23H16Br2FN3O6. The minimum Gasteiger partial charge on any atom is -0.478 e. The van der Waals surface area contributed by atoms with Gasteiger partial charge in [-0.3, -0.25) is 4.90 Å². The number of rotatable bonds is 5. The standard InChI is InChI=1S/C23H16Br2FN3O6/c1-34-22(32)15-14(10-6-4-3-5-7-10)11(9-27)20(28)29(19(15)23(33)35-2)18-13(25)8-12(24)17(26)16(18)21(30)31/h3-8,14H,28H2,1-2H3,(H,30,31). The number of anilines is 1. The van der Waals surface area contributed by atoms with Crippen LogP contribution in [0.25, 0.3) is 0 Å². The van der Waals surface area contributed by atoms with Gasteiger partial charge in [-0.25, -0.2) is 18.8 Å². The number of nitriles is 1. The summed E-state index contributed by atoms with van der Waals surface area (Å²) < 4.78 is 24.6. The Hall–Kier alpha value is -3.69. The normalized spacial score (nSPS) is 15.5. The van der Waals surface area contributed by atoms with Crippen molar-refractivity contribution in [3.8, 4) is 6.07 Å². The zero-order valence-corrected chi connectivity index (χ0v) is 21.3. The fourth-order valence-electron chi connectivity index (χ4n) is 3.75. The van der Waals surface area contributed by atoms with Gasteiger partial charge in [0.15, 0.2) is 5.82 Å². The molecule has 1 aliphatic heterocycles. The number of carboxylic acid groups (broad SMARTS) is 1. The molecular weight excluding hydrogens is 593 g/mol. The number of hydrogen-bond acceptors (Lipinski definition) is 8. The van der Waals surface area contributed by atoms with Crippen LogP contribution in [0.15, 0.2) is 68.0 Å². The fourth-order valence-corrected chi connectivity index (χ4v) is 5.08. The predicted molar refractivity (Wildman–Crippen MR) is 128 cm³/mol. The highest BCUT2D eigenvalue weighted by Crippen LogP contribution is 2.47. The molecule has 0 fully saturated rings. The van der Waals surface area contributed by atoms with E-state index in [4.69, 9.17) is 15.2 Å². The third-order valence-electron chi connectivity index (χ3n) is 5.19. The summed E-state index contributed by atoms with van der Waals surface area (Å²) in [6, 6.07) is 11.4. The van der Waals surface area contributed by atoms with E-state index in [9.17, 15) is 24.8 Å². The van der Waals surface area contributed by atoms with Crippen LogP contribution in [0.5, 0.6) is 0 Å². The molecule has 2 aromatic carbocycles. The third kappa shape index (κ3) is 4.40. The second-order valence-corrected chi connectivity index (χ2v) is 8.73. The molecule has 1 aliphatic rings. The summed E-state index contributed by atoms with van der Waals surface area (Å²) in [6.07, 6.45) is 0. The van der Waals surface area contributed by atoms with Crippen molar-refractivity contribution in [2.45, 2.75) is 5.92 Å². The van der Waals surface area contributed by atoms with Gasteiger partial charge >= 0.3 is 17.9 Å². The lowest BCUT2D eigenvalue weighted by Gasteiger charge is -2.36. The van der Waals surface area contributed by atoms with Gasteiger partial charge in [-0.15, -0.1) is 0 Å². The number of nitrogens with two attached hydrogens (primary N) is 1. The Labute approximate surface area is 215 Å². The van der Waals surface area contributed by atoms with Crippen molar-refractivity contribution in [2.24, 2.45) is 5.73 Å². The number of benzene rings is 2. The summed E-state index contributed by atoms with van der Waals surface area (Å²) in [4.78, 5) is 39.1. The maximum atomic E-state index is 15.0. The molecule has 180 valence electrons. The van der Waals surface area contributed by atoms with E-state index in [1.807, 2.05) is 6.07 Å². The molecule has 3 rings (SSSR count). The molecule has 35 heavy (non-hydrogen) atoms. The summed E-state index contributed by atoms with van der Waals surface area (Å²) in [5, 5.41) is 19.9. The first-order valence-electron chi connectivity index (χ1n) is 9.66. The van der Waals surface area contributed by atoms with Gasteiger partial charge in [0, 0.05) is 4.47 Å². The monoisotopic (exact) mass is 607 g/mol. The second kappa shape index (κ2) is 10.3. The Morgan fingerprint density at radius 1 is 1.11 bits per heavy atom. The van der Waals surface area contributed by atoms with Crippen LogP contribution in [0.1, 0.15) is 21.8 Å². The number of halogens is 3. The van der Waals surface area contributed by atoms with Gasteiger partial charge in [-0.1, -0.05) is 30.3 Å². The lowest BCUT2D eigenvalue weighted by Crippen LogP contribution is -2.41. The summed E-state index contributed by atoms with van der Waals surface area (Å²) in [5.74, 6) is -6.53. The van der Waals surface area contributed by atoms with Crippen molar-refractivity contribution in [3.63, 3.8) is 0 Å². The highest BCUT2D eigenvalue weighted by Gasteiger charge is 2.44. The van der Waals surface area contributed by atoms with Gasteiger partial charge in [0.2, 0.25) is 0 Å². The van der Waals surface area contributed by atoms with Crippen LogP contribution in [-0.2, 0) is 19.1 Å². The van der Waals surface area contributed by atoms with Crippen molar-refractivity contribution < 1.29 is 33.4 Å². The van der Waals surface area contributed by atoms with Crippen LogP contribution in [0.3, 0.4) is 0 Å². The lowest BCUT2D eigenvalue weighted by molar-refractivity contribution is -0.139. The molecule has 12 heteroatoms. The number of allylic oxidation sites excluding steroid dienone is 1. The van der Waals surface area contributed by atoms with E-state index >= 15 is 4.39 Å². The second-order valence-electron chi connectivity index (χ2n) is 7.02. The van der Waals surface area contributed by atoms with E-state index in [0.717, 1.165) is 19.1 Å². The average Bonchev–Trinajstić information content (AvgIpc) is 2.84. The minimum absolute atomic E-state index is 0.00723. The van der Waals surface area contributed by atoms with E-state index in [0.29, 0.717) is 5.56 Å². The third-order valence-corrected chi connectivity index (χ3v) is 6.37. The highest BCUT2D eigenvalue weighted by molar-refractivity contribution is 9.11. The van der Waals surface area contributed by atoms with E-state index in [2.05, 4.69) is 31.9 Å². The van der Waals surface area contributed by atoms with Gasteiger partial charge in [0.25, 0.3) is 0 Å². The van der Waals surface area contributed by atoms with Crippen molar-refractivity contribution in [1.82, 2.24) is 0 Å².